The molecule has 1 saturated carbocycles. The van der Waals surface area contributed by atoms with Crippen LogP contribution in [0, 0.1) is 23.5 Å². The summed E-state index contributed by atoms with van der Waals surface area (Å²) in [6, 6.07) is 2.84. The van der Waals surface area contributed by atoms with E-state index in [2.05, 4.69) is 6.92 Å². The molecule has 1 aromatic carbocycles. The van der Waals surface area contributed by atoms with Gasteiger partial charge in [-0.3, -0.25) is 4.79 Å². The molecule has 0 bridgehead atoms. The van der Waals surface area contributed by atoms with E-state index in [0.717, 1.165) is 18.8 Å². The topological polar surface area (TPSA) is 35.5 Å². The fraction of sp³-hybridized carbons (Fsp3) is 0.682. The Bertz CT molecular complexity index is 653. The van der Waals surface area contributed by atoms with Crippen LogP contribution in [0.2, 0.25) is 0 Å². The standard InChI is InChI=1S/C22H30F2O3/c1-3-5-14-6-8-15(9-7-14)18-12-11-17(22(25)27-18)16-10-13-19(26-4-2)21(24)20(16)23/h10,13-15,17-18H,3-9,11-12H2,1-2H3/t14-,15-,17?,18?. The van der Waals surface area contributed by atoms with Crippen LogP contribution in [-0.4, -0.2) is 18.7 Å². The number of carbonyl (C=O) groups excluding carboxylic acids is 1. The average molecular weight is 380 g/mol. The van der Waals surface area contributed by atoms with Gasteiger partial charge in [0.05, 0.1) is 12.5 Å². The number of rotatable bonds is 6. The van der Waals surface area contributed by atoms with Crippen LogP contribution >= 0.6 is 0 Å². The third-order valence-corrected chi connectivity index (χ3v) is 6.16. The van der Waals surface area contributed by atoms with Crippen LogP contribution < -0.4 is 4.74 Å². The van der Waals surface area contributed by atoms with Crippen LogP contribution in [0.25, 0.3) is 0 Å². The van der Waals surface area contributed by atoms with Crippen molar-refractivity contribution in [1.29, 1.82) is 0 Å². The lowest BCUT2D eigenvalue weighted by Crippen LogP contribution is -2.36. The first kappa shape index (κ1) is 20.1. The Morgan fingerprint density at radius 3 is 2.41 bits per heavy atom. The van der Waals surface area contributed by atoms with Gasteiger partial charge in [-0.1, -0.05) is 38.7 Å². The third kappa shape index (κ3) is 4.44. The highest BCUT2D eigenvalue weighted by Crippen LogP contribution is 2.40. The summed E-state index contributed by atoms with van der Waals surface area (Å²) >= 11 is 0. The summed E-state index contributed by atoms with van der Waals surface area (Å²) < 4.78 is 39.4. The largest absolute Gasteiger partial charge is 0.491 e. The van der Waals surface area contributed by atoms with E-state index in [1.807, 2.05) is 0 Å². The first-order chi connectivity index (χ1) is 13.0. The minimum absolute atomic E-state index is 0.0751. The van der Waals surface area contributed by atoms with Gasteiger partial charge < -0.3 is 9.47 Å². The minimum atomic E-state index is -1.03. The summed E-state index contributed by atoms with van der Waals surface area (Å²) in [7, 11) is 0. The molecule has 2 fully saturated rings. The highest BCUT2D eigenvalue weighted by molar-refractivity contribution is 5.79. The van der Waals surface area contributed by atoms with Gasteiger partial charge >= 0.3 is 5.97 Å². The van der Waals surface area contributed by atoms with Crippen molar-refractivity contribution in [2.24, 2.45) is 11.8 Å². The van der Waals surface area contributed by atoms with Crippen LogP contribution in [0.3, 0.4) is 0 Å². The van der Waals surface area contributed by atoms with E-state index >= 15 is 0 Å². The van der Waals surface area contributed by atoms with Crippen LogP contribution in [0.4, 0.5) is 8.78 Å². The molecule has 3 nitrogen and oxygen atoms in total. The number of hydrogen-bond donors (Lipinski definition) is 0. The molecule has 1 heterocycles. The Labute approximate surface area is 160 Å². The molecule has 1 aliphatic carbocycles. The van der Waals surface area contributed by atoms with E-state index in [4.69, 9.17) is 9.47 Å². The Morgan fingerprint density at radius 1 is 1.04 bits per heavy atom. The molecule has 0 spiro atoms. The molecule has 0 N–H and O–H groups in total. The molecule has 1 saturated heterocycles. The second-order valence-electron chi connectivity index (χ2n) is 7.89. The number of esters is 1. The molecule has 2 atom stereocenters. The molecule has 2 unspecified atom stereocenters. The Balaban J connectivity index is 1.63. The maximum Gasteiger partial charge on any atom is 0.313 e. The summed E-state index contributed by atoms with van der Waals surface area (Å²) in [4.78, 5) is 12.5. The highest BCUT2D eigenvalue weighted by atomic mass is 19.2. The van der Waals surface area contributed by atoms with Crippen molar-refractivity contribution in [1.82, 2.24) is 0 Å². The summed E-state index contributed by atoms with van der Waals surface area (Å²) in [6.45, 7) is 4.18. The number of benzene rings is 1. The number of carbonyl (C=O) groups is 1. The van der Waals surface area contributed by atoms with Crippen LogP contribution in [0.5, 0.6) is 5.75 Å². The Morgan fingerprint density at radius 2 is 1.78 bits per heavy atom. The van der Waals surface area contributed by atoms with E-state index in [9.17, 15) is 13.6 Å². The lowest BCUT2D eigenvalue weighted by Gasteiger charge is -2.37. The van der Waals surface area contributed by atoms with Gasteiger partial charge in [0, 0.05) is 5.56 Å². The average Bonchev–Trinajstić information content (AvgIpc) is 2.67. The van der Waals surface area contributed by atoms with Gasteiger partial charge in [0.15, 0.2) is 11.6 Å². The van der Waals surface area contributed by atoms with E-state index in [1.165, 1.54) is 37.8 Å². The predicted molar refractivity (Wildman–Crippen MR) is 99.7 cm³/mol. The zero-order chi connectivity index (χ0) is 19.4. The molecule has 1 aromatic rings. The number of hydrogen-bond acceptors (Lipinski definition) is 3. The fourth-order valence-electron chi connectivity index (χ4n) is 4.69. The van der Waals surface area contributed by atoms with Crippen molar-refractivity contribution < 1.29 is 23.0 Å². The fourth-order valence-corrected chi connectivity index (χ4v) is 4.69. The van der Waals surface area contributed by atoms with E-state index in [0.29, 0.717) is 18.8 Å². The molecule has 5 heteroatoms. The SMILES string of the molecule is CCC[C@H]1CC[C@H](C2CCC(c3ccc(OCC)c(F)c3F)C(=O)O2)CC1. The number of ether oxygens (including phenoxy) is 2. The lowest BCUT2D eigenvalue weighted by molar-refractivity contribution is -0.160. The molecule has 2 aliphatic rings. The van der Waals surface area contributed by atoms with Gasteiger partial charge in [0.1, 0.15) is 6.10 Å². The molecule has 1 aliphatic heterocycles. The molecule has 0 amide bonds. The Kier molecular flexibility index (Phi) is 6.72. The molecule has 0 radical (unpaired) electrons. The predicted octanol–water partition coefficient (Wildman–Crippen LogP) is 5.76. The second kappa shape index (κ2) is 9.03. The van der Waals surface area contributed by atoms with Crippen LogP contribution in [0.15, 0.2) is 12.1 Å². The highest BCUT2D eigenvalue weighted by Gasteiger charge is 2.38. The van der Waals surface area contributed by atoms with Gasteiger partial charge in [0.25, 0.3) is 0 Å². The molecular weight excluding hydrogens is 350 g/mol. The third-order valence-electron chi connectivity index (χ3n) is 6.16. The van der Waals surface area contributed by atoms with Gasteiger partial charge in [-0.05, 0) is 50.5 Å². The normalized spacial score (nSPS) is 28.7. The van der Waals surface area contributed by atoms with E-state index in [1.54, 1.807) is 6.92 Å². The van der Waals surface area contributed by atoms with Gasteiger partial charge in [0.2, 0.25) is 5.82 Å². The Hall–Kier alpha value is -1.65. The number of halogens is 2. The van der Waals surface area contributed by atoms with Crippen LogP contribution in [0.1, 0.15) is 76.7 Å². The zero-order valence-electron chi connectivity index (χ0n) is 16.3. The monoisotopic (exact) mass is 380 g/mol. The molecule has 0 aromatic heterocycles. The van der Waals surface area contributed by atoms with E-state index < -0.39 is 23.5 Å². The maximum atomic E-state index is 14.4. The summed E-state index contributed by atoms with van der Waals surface area (Å²) in [5.41, 5.74) is 0.0751. The van der Waals surface area contributed by atoms with Crippen molar-refractivity contribution in [2.75, 3.05) is 6.61 Å². The summed E-state index contributed by atoms with van der Waals surface area (Å²) in [5, 5.41) is 0. The first-order valence-corrected chi connectivity index (χ1v) is 10.4. The molecule has 3 rings (SSSR count). The number of cyclic esters (lactones) is 1. The van der Waals surface area contributed by atoms with Crippen molar-refractivity contribution in [2.45, 2.75) is 77.2 Å². The van der Waals surface area contributed by atoms with Gasteiger partial charge in [-0.25, -0.2) is 4.39 Å². The van der Waals surface area contributed by atoms with Crippen LogP contribution in [-0.2, 0) is 9.53 Å². The first-order valence-electron chi connectivity index (χ1n) is 10.4. The molecule has 27 heavy (non-hydrogen) atoms. The molecular formula is C22H30F2O3. The van der Waals surface area contributed by atoms with Crippen molar-refractivity contribution in [3.05, 3.63) is 29.3 Å². The second-order valence-corrected chi connectivity index (χ2v) is 7.89. The lowest BCUT2D eigenvalue weighted by atomic mass is 9.75. The minimum Gasteiger partial charge on any atom is -0.491 e. The van der Waals surface area contributed by atoms with E-state index in [-0.39, 0.29) is 24.0 Å². The van der Waals surface area contributed by atoms with Gasteiger partial charge in [-0.15, -0.1) is 0 Å². The zero-order valence-corrected chi connectivity index (χ0v) is 16.3. The molecule has 150 valence electrons. The maximum absolute atomic E-state index is 14.4. The van der Waals surface area contributed by atoms with Crippen molar-refractivity contribution in [3.63, 3.8) is 0 Å². The van der Waals surface area contributed by atoms with Crippen molar-refractivity contribution >= 4 is 5.97 Å². The summed E-state index contributed by atoms with van der Waals surface area (Å²) in [5.74, 6) is -2.10. The van der Waals surface area contributed by atoms with Gasteiger partial charge in [-0.2, -0.15) is 4.39 Å². The summed E-state index contributed by atoms with van der Waals surface area (Å²) in [6.07, 6.45) is 8.24. The smallest absolute Gasteiger partial charge is 0.313 e. The quantitative estimate of drug-likeness (QED) is 0.589. The van der Waals surface area contributed by atoms with Crippen molar-refractivity contribution in [3.8, 4) is 5.75 Å².